The van der Waals surface area contributed by atoms with Crippen LogP contribution in [-0.4, -0.2) is 28.8 Å². The minimum Gasteiger partial charge on any atom is -0.313 e. The molecule has 0 aromatic carbocycles. The summed E-state index contributed by atoms with van der Waals surface area (Å²) < 4.78 is 10.9. The third-order valence-corrected chi connectivity index (χ3v) is 3.23. The molecular weight excluding hydrogens is 194 g/mol. The van der Waals surface area contributed by atoms with Gasteiger partial charge in [0.15, 0.2) is 0 Å². The number of rotatable bonds is 9. The van der Waals surface area contributed by atoms with Gasteiger partial charge < -0.3 is 5.32 Å². The van der Waals surface area contributed by atoms with Crippen molar-refractivity contribution in [1.29, 1.82) is 0 Å². The molecule has 0 aliphatic heterocycles. The molecule has 0 aromatic heterocycles. The van der Waals surface area contributed by atoms with Gasteiger partial charge in [0.1, 0.15) is 0 Å². The topological polar surface area (TPSA) is 29.1 Å². The molecule has 2 unspecified atom stereocenters. The molecule has 0 aliphatic carbocycles. The molecule has 0 aromatic rings. The van der Waals surface area contributed by atoms with E-state index in [0.717, 1.165) is 12.3 Å². The number of nitrogens with one attached hydrogen (secondary N) is 1. The Morgan fingerprint density at radius 1 is 1.21 bits per heavy atom. The Kier molecular flexibility index (Phi) is 9.73. The van der Waals surface area contributed by atoms with Gasteiger partial charge in [-0.2, -0.15) is 0 Å². The summed E-state index contributed by atoms with van der Waals surface area (Å²) >= 11 is 0. The van der Waals surface area contributed by atoms with Crippen molar-refractivity contribution in [2.45, 2.75) is 52.0 Å². The van der Waals surface area contributed by atoms with E-state index in [1.807, 2.05) is 0 Å². The molecule has 0 heterocycles. The molecule has 0 saturated carbocycles. The predicted octanol–water partition coefficient (Wildman–Crippen LogP) is 2.31. The maximum absolute atomic E-state index is 10.9. The lowest BCUT2D eigenvalue weighted by Gasteiger charge is -2.11. The van der Waals surface area contributed by atoms with Gasteiger partial charge in [0.05, 0.1) is 0 Å². The molecule has 2 atom stereocenters. The van der Waals surface area contributed by atoms with Gasteiger partial charge in [-0.1, -0.05) is 32.6 Å². The van der Waals surface area contributed by atoms with E-state index in [-0.39, 0.29) is 0 Å². The zero-order valence-electron chi connectivity index (χ0n) is 9.84. The van der Waals surface area contributed by atoms with E-state index in [1.165, 1.54) is 32.1 Å². The Balaban J connectivity index is 3.14. The predicted molar refractivity (Wildman–Crippen MR) is 65.2 cm³/mol. The molecule has 2 nitrogen and oxygen atoms in total. The van der Waals surface area contributed by atoms with Gasteiger partial charge in [-0.15, -0.1) is 0 Å². The quantitative estimate of drug-likeness (QED) is 0.603. The Labute approximate surface area is 91.3 Å². The van der Waals surface area contributed by atoms with E-state index in [9.17, 15) is 4.21 Å². The summed E-state index contributed by atoms with van der Waals surface area (Å²) in [6, 6.07) is 0.395. The van der Waals surface area contributed by atoms with Crippen molar-refractivity contribution in [3.05, 3.63) is 0 Å². The fourth-order valence-corrected chi connectivity index (χ4v) is 2.31. The van der Waals surface area contributed by atoms with Gasteiger partial charge in [-0.25, -0.2) is 0 Å². The van der Waals surface area contributed by atoms with Crippen molar-refractivity contribution in [3.8, 4) is 0 Å². The van der Waals surface area contributed by atoms with Crippen molar-refractivity contribution < 1.29 is 4.21 Å². The molecule has 0 rings (SSSR count). The molecule has 0 aliphatic rings. The molecule has 0 spiro atoms. The van der Waals surface area contributed by atoms with E-state index >= 15 is 0 Å². The molecule has 14 heavy (non-hydrogen) atoms. The minimum absolute atomic E-state index is 0.395. The van der Waals surface area contributed by atoms with Gasteiger partial charge >= 0.3 is 0 Å². The lowest BCUT2D eigenvalue weighted by molar-refractivity contribution is 0.541. The standard InChI is InChI=1S/C11H25NOS/c1-4-5-6-7-8-9-12-11(2)10-14(3)13/h11-12H,4-10H2,1-3H3. The summed E-state index contributed by atoms with van der Waals surface area (Å²) in [5.74, 6) is 0.773. The fourth-order valence-electron chi connectivity index (χ4n) is 1.49. The molecule has 0 fully saturated rings. The van der Waals surface area contributed by atoms with Gasteiger partial charge in [0.2, 0.25) is 0 Å². The van der Waals surface area contributed by atoms with E-state index in [2.05, 4.69) is 19.2 Å². The summed E-state index contributed by atoms with van der Waals surface area (Å²) in [6.45, 7) is 5.41. The highest BCUT2D eigenvalue weighted by molar-refractivity contribution is 7.84. The van der Waals surface area contributed by atoms with E-state index in [1.54, 1.807) is 6.26 Å². The van der Waals surface area contributed by atoms with Crippen LogP contribution in [0, 0.1) is 0 Å². The van der Waals surface area contributed by atoms with Crippen LogP contribution in [0.2, 0.25) is 0 Å². The first kappa shape index (κ1) is 14.1. The van der Waals surface area contributed by atoms with Gasteiger partial charge in [0.25, 0.3) is 0 Å². The summed E-state index contributed by atoms with van der Waals surface area (Å²) in [5.41, 5.74) is 0. The second kappa shape index (κ2) is 9.66. The van der Waals surface area contributed by atoms with E-state index < -0.39 is 10.8 Å². The van der Waals surface area contributed by atoms with Crippen molar-refractivity contribution in [2.24, 2.45) is 0 Å². The molecule has 3 heteroatoms. The smallest absolute Gasteiger partial charge is 0.0383 e. The highest BCUT2D eigenvalue weighted by Gasteiger charge is 2.02. The first-order chi connectivity index (χ1) is 6.66. The van der Waals surface area contributed by atoms with Crippen LogP contribution in [0.15, 0.2) is 0 Å². The van der Waals surface area contributed by atoms with Crippen molar-refractivity contribution in [1.82, 2.24) is 5.32 Å². The first-order valence-corrected chi connectivity index (χ1v) is 7.43. The van der Waals surface area contributed by atoms with Crippen LogP contribution in [0.4, 0.5) is 0 Å². The van der Waals surface area contributed by atoms with Gasteiger partial charge in [0, 0.05) is 28.9 Å². The van der Waals surface area contributed by atoms with Crippen LogP contribution in [0.5, 0.6) is 0 Å². The van der Waals surface area contributed by atoms with Crippen molar-refractivity contribution in [2.75, 3.05) is 18.6 Å². The second-order valence-electron chi connectivity index (χ2n) is 4.01. The van der Waals surface area contributed by atoms with Crippen LogP contribution in [0.25, 0.3) is 0 Å². The lowest BCUT2D eigenvalue weighted by Crippen LogP contribution is -2.31. The highest BCUT2D eigenvalue weighted by Crippen LogP contribution is 2.01. The average Bonchev–Trinajstić information content (AvgIpc) is 2.10. The summed E-state index contributed by atoms with van der Waals surface area (Å²) in [5, 5.41) is 3.40. The Morgan fingerprint density at radius 3 is 2.43 bits per heavy atom. The average molecular weight is 219 g/mol. The lowest BCUT2D eigenvalue weighted by atomic mass is 10.1. The Bertz CT molecular complexity index is 150. The largest absolute Gasteiger partial charge is 0.313 e. The Morgan fingerprint density at radius 2 is 1.86 bits per heavy atom. The molecule has 0 radical (unpaired) electrons. The number of hydrogen-bond donors (Lipinski definition) is 1. The summed E-state index contributed by atoms with van der Waals surface area (Å²) in [4.78, 5) is 0. The zero-order chi connectivity index (χ0) is 10.8. The Hall–Kier alpha value is 0.110. The minimum atomic E-state index is -0.668. The van der Waals surface area contributed by atoms with Crippen LogP contribution >= 0.6 is 0 Å². The van der Waals surface area contributed by atoms with Crippen LogP contribution < -0.4 is 5.32 Å². The highest BCUT2D eigenvalue weighted by atomic mass is 32.2. The van der Waals surface area contributed by atoms with Crippen LogP contribution in [0.3, 0.4) is 0 Å². The van der Waals surface area contributed by atoms with Gasteiger partial charge in [-0.3, -0.25) is 4.21 Å². The van der Waals surface area contributed by atoms with Crippen molar-refractivity contribution in [3.63, 3.8) is 0 Å². The third-order valence-electron chi connectivity index (χ3n) is 2.26. The monoisotopic (exact) mass is 219 g/mol. The molecule has 86 valence electrons. The van der Waals surface area contributed by atoms with E-state index in [4.69, 9.17) is 0 Å². The maximum Gasteiger partial charge on any atom is 0.0383 e. The third kappa shape index (κ3) is 10.2. The molecule has 0 bridgehead atoms. The van der Waals surface area contributed by atoms with Crippen molar-refractivity contribution >= 4 is 10.8 Å². The maximum atomic E-state index is 10.9. The zero-order valence-corrected chi connectivity index (χ0v) is 10.7. The molecule has 0 saturated heterocycles. The van der Waals surface area contributed by atoms with E-state index in [0.29, 0.717) is 6.04 Å². The molecule has 0 amide bonds. The van der Waals surface area contributed by atoms with Crippen LogP contribution in [-0.2, 0) is 10.8 Å². The molecular formula is C11H25NOS. The second-order valence-corrected chi connectivity index (χ2v) is 5.49. The fraction of sp³-hybridized carbons (Fsp3) is 1.00. The summed E-state index contributed by atoms with van der Waals surface area (Å²) in [6.07, 6.45) is 8.35. The van der Waals surface area contributed by atoms with Crippen LogP contribution in [0.1, 0.15) is 46.0 Å². The SMILES string of the molecule is CCCCCCCNC(C)CS(C)=O. The molecule has 1 N–H and O–H groups in total. The normalized spacial score (nSPS) is 15.4. The summed E-state index contributed by atoms with van der Waals surface area (Å²) in [7, 11) is -0.668. The first-order valence-electron chi connectivity index (χ1n) is 5.70. The number of unbranched alkanes of at least 4 members (excludes halogenated alkanes) is 4. The number of hydrogen-bond acceptors (Lipinski definition) is 2. The van der Waals surface area contributed by atoms with Gasteiger partial charge in [-0.05, 0) is 19.9 Å².